The molecule has 1 aliphatic heterocycles. The number of para-hydroxylation sites is 1. The molecule has 0 aliphatic carbocycles. The first-order chi connectivity index (χ1) is 20.2. The van der Waals surface area contributed by atoms with Gasteiger partial charge in [0, 0.05) is 37.7 Å². The van der Waals surface area contributed by atoms with Crippen LogP contribution < -0.4 is 4.90 Å². The number of hydrogen-bond acceptors (Lipinski definition) is 6. The van der Waals surface area contributed by atoms with Crippen molar-refractivity contribution >= 4 is 27.6 Å². The van der Waals surface area contributed by atoms with Gasteiger partial charge in [0.2, 0.25) is 0 Å². The molecule has 0 aromatic heterocycles. The number of halogens is 5. The van der Waals surface area contributed by atoms with Crippen molar-refractivity contribution in [1.82, 2.24) is 4.90 Å². The lowest BCUT2D eigenvalue weighted by Gasteiger charge is -2.36. The Bertz CT molecular complexity index is 1590. The standard InChI is InChI=1S/C29H27F5N2O6S/c1-18(17-42-28(39)36-14-12-35(13-15-36)25-5-3-2-4-22(25)27(37)38)26(23-16-20(30)8-11-24(23)31)43(40,41)21-9-6-19(7-10-21)29(32,33)34/h2-11,16,18,26H,12-15,17H2,1H3,(H,37,38)/t18-,26+/m1/s1. The molecule has 3 aromatic carbocycles. The van der Waals surface area contributed by atoms with Crippen molar-refractivity contribution in [1.29, 1.82) is 0 Å². The number of hydrogen-bond donors (Lipinski definition) is 1. The Morgan fingerprint density at radius 2 is 1.58 bits per heavy atom. The lowest BCUT2D eigenvalue weighted by Crippen LogP contribution is -2.49. The Kier molecular flexibility index (Phi) is 9.28. The monoisotopic (exact) mass is 626 g/mol. The van der Waals surface area contributed by atoms with E-state index in [1.165, 1.54) is 17.9 Å². The number of aromatic carboxylic acids is 1. The number of alkyl halides is 3. The summed E-state index contributed by atoms with van der Waals surface area (Å²) in [6.45, 7) is 1.69. The van der Waals surface area contributed by atoms with Gasteiger partial charge in [-0.3, -0.25) is 0 Å². The average Bonchev–Trinajstić information content (AvgIpc) is 2.97. The number of ether oxygens (including phenoxy) is 1. The topological polar surface area (TPSA) is 104 Å². The van der Waals surface area contributed by atoms with Crippen molar-refractivity contribution in [2.24, 2.45) is 5.92 Å². The van der Waals surface area contributed by atoms with Crippen LogP contribution in [0.25, 0.3) is 0 Å². The SMILES string of the molecule is C[C@H](COC(=O)N1CCN(c2ccccc2C(=O)O)CC1)[C@@H](c1cc(F)ccc1F)S(=O)(=O)c1ccc(C(F)(F)F)cc1. The number of benzene rings is 3. The van der Waals surface area contributed by atoms with Crippen LogP contribution >= 0.6 is 0 Å². The van der Waals surface area contributed by atoms with Gasteiger partial charge < -0.3 is 19.6 Å². The van der Waals surface area contributed by atoms with Crippen LogP contribution in [-0.4, -0.2) is 63.3 Å². The predicted molar refractivity (Wildman–Crippen MR) is 145 cm³/mol. The number of carbonyl (C=O) groups is 2. The van der Waals surface area contributed by atoms with E-state index in [-0.39, 0.29) is 31.7 Å². The Morgan fingerprint density at radius 1 is 0.953 bits per heavy atom. The molecule has 1 amide bonds. The quantitative estimate of drug-likeness (QED) is 0.316. The van der Waals surface area contributed by atoms with Crippen molar-refractivity contribution < 1.29 is 49.8 Å². The van der Waals surface area contributed by atoms with E-state index in [1.807, 2.05) is 0 Å². The molecule has 1 aliphatic rings. The van der Waals surface area contributed by atoms with Gasteiger partial charge in [0.1, 0.15) is 11.6 Å². The summed E-state index contributed by atoms with van der Waals surface area (Å²) >= 11 is 0. The van der Waals surface area contributed by atoms with Crippen LogP contribution in [0.1, 0.15) is 33.7 Å². The van der Waals surface area contributed by atoms with Crippen LogP contribution in [-0.2, 0) is 20.8 Å². The fraction of sp³-hybridized carbons (Fsp3) is 0.310. The summed E-state index contributed by atoms with van der Waals surface area (Å²) in [7, 11) is -4.61. The van der Waals surface area contributed by atoms with Crippen LogP contribution in [0.4, 0.5) is 32.4 Å². The molecular weight excluding hydrogens is 599 g/mol. The summed E-state index contributed by atoms with van der Waals surface area (Å²) < 4.78 is 101. The number of carboxylic acids is 1. The fourth-order valence-corrected chi connectivity index (χ4v) is 6.95. The van der Waals surface area contributed by atoms with Crippen LogP contribution in [0, 0.1) is 17.6 Å². The molecule has 1 heterocycles. The number of nitrogens with zero attached hydrogens (tertiary/aromatic N) is 2. The number of amides is 1. The smallest absolute Gasteiger partial charge is 0.416 e. The highest BCUT2D eigenvalue weighted by Gasteiger charge is 2.38. The number of rotatable bonds is 8. The Hall–Kier alpha value is -4.20. The van der Waals surface area contributed by atoms with E-state index >= 15 is 0 Å². The summed E-state index contributed by atoms with van der Waals surface area (Å²) in [4.78, 5) is 27.0. The van der Waals surface area contributed by atoms with Gasteiger partial charge in [-0.2, -0.15) is 13.2 Å². The normalized spacial score (nSPS) is 15.6. The van der Waals surface area contributed by atoms with Crippen molar-refractivity contribution in [3.8, 4) is 0 Å². The molecule has 0 spiro atoms. The van der Waals surface area contributed by atoms with Gasteiger partial charge in [-0.1, -0.05) is 19.1 Å². The minimum Gasteiger partial charge on any atom is -0.478 e. The Labute approximate surface area is 244 Å². The highest BCUT2D eigenvalue weighted by molar-refractivity contribution is 7.91. The number of piperazine rings is 1. The minimum absolute atomic E-state index is 0.109. The van der Waals surface area contributed by atoms with Gasteiger partial charge in [-0.05, 0) is 54.6 Å². The van der Waals surface area contributed by atoms with Gasteiger partial charge in [0.25, 0.3) is 0 Å². The van der Waals surface area contributed by atoms with E-state index in [0.29, 0.717) is 23.9 Å². The third kappa shape index (κ3) is 7.07. The molecule has 1 fully saturated rings. The van der Waals surface area contributed by atoms with E-state index in [2.05, 4.69) is 0 Å². The van der Waals surface area contributed by atoms with Gasteiger partial charge >= 0.3 is 18.2 Å². The third-order valence-electron chi connectivity index (χ3n) is 7.11. The summed E-state index contributed by atoms with van der Waals surface area (Å²) in [5, 5.41) is 7.64. The molecule has 0 unspecified atom stereocenters. The van der Waals surface area contributed by atoms with Crippen LogP contribution in [0.15, 0.2) is 71.6 Å². The maximum Gasteiger partial charge on any atom is 0.416 e. The molecule has 2 atom stereocenters. The molecule has 1 saturated heterocycles. The van der Waals surface area contributed by atoms with E-state index in [9.17, 15) is 45.1 Å². The summed E-state index contributed by atoms with van der Waals surface area (Å²) in [6.07, 6.45) is -5.52. The van der Waals surface area contributed by atoms with Crippen molar-refractivity contribution in [3.63, 3.8) is 0 Å². The summed E-state index contributed by atoms with van der Waals surface area (Å²) in [5.74, 6) is -4.24. The highest BCUT2D eigenvalue weighted by atomic mass is 32.2. The first kappa shape index (κ1) is 31.7. The maximum absolute atomic E-state index is 14.9. The van der Waals surface area contributed by atoms with Crippen LogP contribution in [0.2, 0.25) is 0 Å². The molecule has 0 saturated carbocycles. The van der Waals surface area contributed by atoms with Crippen molar-refractivity contribution in [2.45, 2.75) is 23.2 Å². The highest BCUT2D eigenvalue weighted by Crippen LogP contribution is 2.38. The zero-order valence-electron chi connectivity index (χ0n) is 22.7. The van der Waals surface area contributed by atoms with Gasteiger partial charge in [-0.15, -0.1) is 0 Å². The predicted octanol–water partition coefficient (Wildman–Crippen LogP) is 5.79. The second-order valence-corrected chi connectivity index (χ2v) is 12.1. The number of carboxylic acid groups (broad SMARTS) is 1. The number of carbonyl (C=O) groups excluding carboxylic acids is 1. The molecule has 14 heteroatoms. The summed E-state index contributed by atoms with van der Waals surface area (Å²) in [6, 6.07) is 11.3. The Balaban J connectivity index is 1.50. The zero-order valence-corrected chi connectivity index (χ0v) is 23.5. The first-order valence-electron chi connectivity index (χ1n) is 13.0. The Morgan fingerprint density at radius 3 is 2.19 bits per heavy atom. The second-order valence-electron chi connectivity index (χ2n) is 10.0. The number of anilines is 1. The molecular formula is C29H27F5N2O6S. The van der Waals surface area contributed by atoms with E-state index in [1.54, 1.807) is 23.1 Å². The van der Waals surface area contributed by atoms with E-state index in [0.717, 1.165) is 24.3 Å². The summed E-state index contributed by atoms with van der Waals surface area (Å²) in [5.41, 5.74) is -1.05. The molecule has 43 heavy (non-hydrogen) atoms. The number of sulfone groups is 1. The van der Waals surface area contributed by atoms with Crippen molar-refractivity contribution in [3.05, 3.63) is 95.1 Å². The maximum atomic E-state index is 14.9. The van der Waals surface area contributed by atoms with E-state index < -0.39 is 73.5 Å². The third-order valence-corrected chi connectivity index (χ3v) is 9.42. The second kappa shape index (κ2) is 12.6. The lowest BCUT2D eigenvalue weighted by molar-refractivity contribution is -0.137. The molecule has 8 nitrogen and oxygen atoms in total. The first-order valence-corrected chi connectivity index (χ1v) is 14.6. The fourth-order valence-electron chi connectivity index (χ4n) is 4.93. The average molecular weight is 627 g/mol. The molecule has 1 N–H and O–H groups in total. The van der Waals surface area contributed by atoms with Gasteiger partial charge in [0.05, 0.1) is 33.6 Å². The lowest BCUT2D eigenvalue weighted by atomic mass is 10.0. The van der Waals surface area contributed by atoms with Crippen LogP contribution in [0.5, 0.6) is 0 Å². The molecule has 230 valence electrons. The van der Waals surface area contributed by atoms with E-state index in [4.69, 9.17) is 4.74 Å². The molecule has 0 bridgehead atoms. The van der Waals surface area contributed by atoms with Crippen molar-refractivity contribution in [2.75, 3.05) is 37.7 Å². The van der Waals surface area contributed by atoms with Gasteiger partial charge in [0.15, 0.2) is 9.84 Å². The molecule has 3 aromatic rings. The molecule has 4 rings (SSSR count). The molecule has 0 radical (unpaired) electrons. The van der Waals surface area contributed by atoms with Crippen LogP contribution in [0.3, 0.4) is 0 Å². The minimum atomic E-state index is -4.72. The largest absolute Gasteiger partial charge is 0.478 e. The zero-order chi connectivity index (χ0) is 31.5. The van der Waals surface area contributed by atoms with Gasteiger partial charge in [-0.25, -0.2) is 26.8 Å².